The molecule has 0 atom stereocenters. The molecule has 84 valence electrons. The molecule has 0 saturated heterocycles. The van der Waals surface area contributed by atoms with Crippen molar-refractivity contribution in [3.05, 3.63) is 40.9 Å². The fourth-order valence-electron chi connectivity index (χ4n) is 1.92. The number of pyridine rings is 1. The fraction of sp³-hybridized carbons (Fsp3) is 0.357. The third kappa shape index (κ3) is 2.17. The van der Waals surface area contributed by atoms with Gasteiger partial charge in [-0.05, 0) is 35.4 Å². The van der Waals surface area contributed by atoms with Crippen molar-refractivity contribution in [3.63, 3.8) is 0 Å². The predicted molar refractivity (Wildman–Crippen MR) is 71.0 cm³/mol. The Hall–Kier alpha value is -1.15. The van der Waals surface area contributed by atoms with Gasteiger partial charge in [0.1, 0.15) is 0 Å². The highest BCUT2D eigenvalue weighted by atomic mass is 32.1. The van der Waals surface area contributed by atoms with Crippen molar-refractivity contribution < 1.29 is 0 Å². The number of aryl methyl sites for hydroxylation is 1. The van der Waals surface area contributed by atoms with Gasteiger partial charge in [-0.3, -0.25) is 4.98 Å². The molecule has 2 aromatic rings. The standard InChI is InChI=1S/C14H17NS/c1-10-11(14(2,3)4)7-8-12(15-10)13-6-5-9-16-13/h5-9H,1-4H3. The van der Waals surface area contributed by atoms with Crippen LogP contribution in [-0.4, -0.2) is 4.98 Å². The molecule has 0 amide bonds. The molecule has 0 aliphatic heterocycles. The molecule has 2 heteroatoms. The van der Waals surface area contributed by atoms with Crippen molar-refractivity contribution in [1.82, 2.24) is 4.98 Å². The first-order valence-corrected chi connectivity index (χ1v) is 6.38. The Balaban J connectivity index is 2.45. The lowest BCUT2D eigenvalue weighted by Crippen LogP contribution is -2.13. The van der Waals surface area contributed by atoms with E-state index in [0.29, 0.717) is 0 Å². The van der Waals surface area contributed by atoms with Crippen molar-refractivity contribution in [1.29, 1.82) is 0 Å². The maximum Gasteiger partial charge on any atom is 0.0805 e. The third-order valence-corrected chi connectivity index (χ3v) is 3.56. The van der Waals surface area contributed by atoms with Gasteiger partial charge in [0.15, 0.2) is 0 Å². The van der Waals surface area contributed by atoms with Gasteiger partial charge in [-0.25, -0.2) is 0 Å². The minimum absolute atomic E-state index is 0.172. The monoisotopic (exact) mass is 231 g/mol. The van der Waals surface area contributed by atoms with Gasteiger partial charge in [0, 0.05) is 5.69 Å². The second-order valence-electron chi connectivity index (χ2n) is 5.06. The molecule has 0 aliphatic carbocycles. The Morgan fingerprint density at radius 3 is 2.38 bits per heavy atom. The molecule has 2 heterocycles. The highest BCUT2D eigenvalue weighted by Crippen LogP contribution is 2.28. The topological polar surface area (TPSA) is 12.9 Å². The number of thiophene rings is 1. The van der Waals surface area contributed by atoms with E-state index in [1.54, 1.807) is 11.3 Å². The summed E-state index contributed by atoms with van der Waals surface area (Å²) in [6, 6.07) is 8.51. The van der Waals surface area contributed by atoms with Crippen LogP contribution in [0, 0.1) is 6.92 Å². The maximum atomic E-state index is 4.69. The Morgan fingerprint density at radius 2 is 1.88 bits per heavy atom. The molecular formula is C14H17NS. The van der Waals surface area contributed by atoms with E-state index in [4.69, 9.17) is 4.98 Å². The summed E-state index contributed by atoms with van der Waals surface area (Å²) in [5.41, 5.74) is 3.72. The lowest BCUT2D eigenvalue weighted by molar-refractivity contribution is 0.582. The molecular weight excluding hydrogens is 214 g/mol. The largest absolute Gasteiger partial charge is 0.252 e. The van der Waals surface area contributed by atoms with Gasteiger partial charge < -0.3 is 0 Å². The van der Waals surface area contributed by atoms with E-state index in [-0.39, 0.29) is 5.41 Å². The van der Waals surface area contributed by atoms with E-state index < -0.39 is 0 Å². The van der Waals surface area contributed by atoms with Crippen molar-refractivity contribution in [2.45, 2.75) is 33.1 Å². The smallest absolute Gasteiger partial charge is 0.0805 e. The van der Waals surface area contributed by atoms with Gasteiger partial charge >= 0.3 is 0 Å². The predicted octanol–water partition coefficient (Wildman–Crippen LogP) is 4.42. The SMILES string of the molecule is Cc1nc(-c2cccs2)ccc1C(C)(C)C. The third-order valence-electron chi connectivity index (χ3n) is 2.67. The number of rotatable bonds is 1. The van der Waals surface area contributed by atoms with E-state index in [1.165, 1.54) is 10.4 Å². The quantitative estimate of drug-likeness (QED) is 0.708. The normalized spacial score (nSPS) is 11.8. The summed E-state index contributed by atoms with van der Waals surface area (Å²) in [7, 11) is 0. The van der Waals surface area contributed by atoms with Crippen molar-refractivity contribution >= 4 is 11.3 Å². The first-order chi connectivity index (χ1) is 7.48. The molecule has 2 rings (SSSR count). The first-order valence-electron chi connectivity index (χ1n) is 5.50. The van der Waals surface area contributed by atoms with Gasteiger partial charge in [-0.15, -0.1) is 11.3 Å². The molecule has 0 aromatic carbocycles. The Bertz CT molecular complexity index is 478. The zero-order chi connectivity index (χ0) is 11.8. The van der Waals surface area contributed by atoms with E-state index in [0.717, 1.165) is 11.4 Å². The van der Waals surface area contributed by atoms with Crippen LogP contribution in [0.5, 0.6) is 0 Å². The van der Waals surface area contributed by atoms with Crippen LogP contribution in [0.25, 0.3) is 10.6 Å². The molecule has 2 aromatic heterocycles. The van der Waals surface area contributed by atoms with E-state index in [2.05, 4.69) is 57.3 Å². The van der Waals surface area contributed by atoms with Gasteiger partial charge in [0.25, 0.3) is 0 Å². The molecule has 0 aliphatic rings. The minimum atomic E-state index is 0.172. The number of aromatic nitrogens is 1. The Morgan fingerprint density at radius 1 is 1.12 bits per heavy atom. The van der Waals surface area contributed by atoms with Gasteiger partial charge in [-0.2, -0.15) is 0 Å². The molecule has 0 fully saturated rings. The molecule has 16 heavy (non-hydrogen) atoms. The highest BCUT2D eigenvalue weighted by molar-refractivity contribution is 7.13. The van der Waals surface area contributed by atoms with Crippen LogP contribution in [0.2, 0.25) is 0 Å². The van der Waals surface area contributed by atoms with E-state index in [1.807, 2.05) is 0 Å². The van der Waals surface area contributed by atoms with Crippen LogP contribution in [0.3, 0.4) is 0 Å². The average Bonchev–Trinajstić information content (AvgIpc) is 2.68. The van der Waals surface area contributed by atoms with Crippen LogP contribution in [0.1, 0.15) is 32.0 Å². The first kappa shape index (κ1) is 11.3. The molecule has 0 spiro atoms. The molecule has 0 saturated carbocycles. The van der Waals surface area contributed by atoms with Crippen LogP contribution in [-0.2, 0) is 5.41 Å². The van der Waals surface area contributed by atoms with Crippen LogP contribution < -0.4 is 0 Å². The summed E-state index contributed by atoms with van der Waals surface area (Å²) in [4.78, 5) is 5.93. The minimum Gasteiger partial charge on any atom is -0.252 e. The average molecular weight is 231 g/mol. The Labute approximate surface area is 101 Å². The Kier molecular flexibility index (Phi) is 2.85. The number of nitrogens with zero attached hydrogens (tertiary/aromatic N) is 1. The molecule has 0 radical (unpaired) electrons. The highest BCUT2D eigenvalue weighted by Gasteiger charge is 2.17. The van der Waals surface area contributed by atoms with Crippen molar-refractivity contribution in [3.8, 4) is 10.6 Å². The molecule has 0 N–H and O–H groups in total. The molecule has 0 unspecified atom stereocenters. The number of hydrogen-bond donors (Lipinski definition) is 0. The van der Waals surface area contributed by atoms with Crippen LogP contribution in [0.15, 0.2) is 29.6 Å². The van der Waals surface area contributed by atoms with E-state index in [9.17, 15) is 0 Å². The fourth-order valence-corrected chi connectivity index (χ4v) is 2.61. The second kappa shape index (κ2) is 4.02. The summed E-state index contributed by atoms with van der Waals surface area (Å²) in [6.07, 6.45) is 0. The van der Waals surface area contributed by atoms with Gasteiger partial charge in [0.05, 0.1) is 10.6 Å². The zero-order valence-electron chi connectivity index (χ0n) is 10.2. The second-order valence-corrected chi connectivity index (χ2v) is 6.00. The number of hydrogen-bond acceptors (Lipinski definition) is 2. The van der Waals surface area contributed by atoms with E-state index >= 15 is 0 Å². The zero-order valence-corrected chi connectivity index (χ0v) is 11.1. The summed E-state index contributed by atoms with van der Waals surface area (Å²) in [5.74, 6) is 0. The van der Waals surface area contributed by atoms with Crippen molar-refractivity contribution in [2.75, 3.05) is 0 Å². The van der Waals surface area contributed by atoms with Gasteiger partial charge in [0.2, 0.25) is 0 Å². The lowest BCUT2D eigenvalue weighted by atomic mass is 9.86. The maximum absolute atomic E-state index is 4.69. The summed E-state index contributed by atoms with van der Waals surface area (Å²) in [5, 5.41) is 2.09. The van der Waals surface area contributed by atoms with Crippen molar-refractivity contribution in [2.24, 2.45) is 0 Å². The molecule has 1 nitrogen and oxygen atoms in total. The molecule has 0 bridgehead atoms. The van der Waals surface area contributed by atoms with Crippen LogP contribution in [0.4, 0.5) is 0 Å². The summed E-state index contributed by atoms with van der Waals surface area (Å²) < 4.78 is 0. The lowest BCUT2D eigenvalue weighted by Gasteiger charge is -2.21. The summed E-state index contributed by atoms with van der Waals surface area (Å²) >= 11 is 1.74. The van der Waals surface area contributed by atoms with Gasteiger partial charge in [-0.1, -0.05) is 32.9 Å². The van der Waals surface area contributed by atoms with Crippen LogP contribution >= 0.6 is 11.3 Å². The summed E-state index contributed by atoms with van der Waals surface area (Å²) in [6.45, 7) is 8.77.